The molecule has 33 heavy (non-hydrogen) atoms. The molecule has 0 radical (unpaired) electrons. The van der Waals surface area contributed by atoms with Crippen LogP contribution in [0.4, 0.5) is 0 Å². The van der Waals surface area contributed by atoms with Crippen molar-refractivity contribution in [1.29, 1.82) is 0 Å². The Morgan fingerprint density at radius 2 is 1.61 bits per heavy atom. The zero-order chi connectivity index (χ0) is 22.8. The van der Waals surface area contributed by atoms with Gasteiger partial charge in [-0.3, -0.25) is 4.79 Å². The van der Waals surface area contributed by atoms with E-state index in [2.05, 4.69) is 15.2 Å². The van der Waals surface area contributed by atoms with Gasteiger partial charge in [-0.15, -0.1) is 0 Å². The van der Waals surface area contributed by atoms with Crippen molar-refractivity contribution in [3.8, 4) is 40.2 Å². The van der Waals surface area contributed by atoms with Crippen molar-refractivity contribution in [2.75, 3.05) is 13.7 Å². The number of hydrogen-bond donors (Lipinski definition) is 0. The molecule has 2 heterocycles. The van der Waals surface area contributed by atoms with Crippen LogP contribution in [0.5, 0.6) is 11.5 Å². The predicted molar refractivity (Wildman–Crippen MR) is 124 cm³/mol. The van der Waals surface area contributed by atoms with E-state index in [1.165, 1.54) is 4.68 Å². The van der Waals surface area contributed by atoms with Crippen molar-refractivity contribution < 1.29 is 14.0 Å². The molecule has 0 amide bonds. The van der Waals surface area contributed by atoms with Crippen LogP contribution >= 0.6 is 0 Å². The summed E-state index contributed by atoms with van der Waals surface area (Å²) in [6, 6.07) is 21.7. The maximum absolute atomic E-state index is 13.2. The lowest BCUT2D eigenvalue weighted by Crippen LogP contribution is -2.22. The molecule has 0 N–H and O–H groups in total. The van der Waals surface area contributed by atoms with Crippen molar-refractivity contribution >= 4 is 10.8 Å². The van der Waals surface area contributed by atoms with E-state index in [1.54, 1.807) is 37.4 Å². The highest BCUT2D eigenvalue weighted by Gasteiger charge is 2.19. The summed E-state index contributed by atoms with van der Waals surface area (Å²) in [6.07, 6.45) is 0. The lowest BCUT2D eigenvalue weighted by Gasteiger charge is -2.09. The molecular weight excluding hydrogens is 420 g/mol. The van der Waals surface area contributed by atoms with Gasteiger partial charge in [0.15, 0.2) is 5.69 Å². The van der Waals surface area contributed by atoms with Gasteiger partial charge in [0.25, 0.3) is 11.4 Å². The van der Waals surface area contributed by atoms with Gasteiger partial charge in [0, 0.05) is 10.9 Å². The van der Waals surface area contributed by atoms with Crippen molar-refractivity contribution in [3.63, 3.8) is 0 Å². The summed E-state index contributed by atoms with van der Waals surface area (Å²) < 4.78 is 17.6. The van der Waals surface area contributed by atoms with Crippen molar-refractivity contribution in [2.24, 2.45) is 0 Å². The highest BCUT2D eigenvalue weighted by molar-refractivity contribution is 5.92. The highest BCUT2D eigenvalue weighted by Crippen LogP contribution is 2.27. The molecular formula is C25H20N4O4. The molecule has 0 spiro atoms. The highest BCUT2D eigenvalue weighted by atomic mass is 16.5. The second kappa shape index (κ2) is 8.58. The standard InChI is InChI=1S/C25H20N4O4/c1-3-32-19-12-8-16(9-13-19)23-26-24(33-28-23)22-20-6-4-5-7-21(20)25(30)29(27-22)17-10-14-18(31-2)15-11-17/h4-15H,3H2,1-2H3. The van der Waals surface area contributed by atoms with Gasteiger partial charge in [-0.05, 0) is 61.5 Å². The number of ether oxygens (including phenoxy) is 2. The van der Waals surface area contributed by atoms with Crippen LogP contribution in [0.15, 0.2) is 82.1 Å². The fourth-order valence-corrected chi connectivity index (χ4v) is 3.55. The molecule has 3 aromatic carbocycles. The molecule has 0 atom stereocenters. The Bertz CT molecular complexity index is 1470. The van der Waals surface area contributed by atoms with Gasteiger partial charge < -0.3 is 14.0 Å². The van der Waals surface area contributed by atoms with Crippen LogP contribution in [0, 0.1) is 0 Å². The monoisotopic (exact) mass is 440 g/mol. The molecule has 0 aliphatic carbocycles. The van der Waals surface area contributed by atoms with E-state index >= 15 is 0 Å². The summed E-state index contributed by atoms with van der Waals surface area (Å²) >= 11 is 0. The van der Waals surface area contributed by atoms with Crippen LogP contribution in [0.25, 0.3) is 39.4 Å². The third-order valence-electron chi connectivity index (χ3n) is 5.17. The summed E-state index contributed by atoms with van der Waals surface area (Å²) in [7, 11) is 1.59. The molecule has 0 bridgehead atoms. The average Bonchev–Trinajstić information content (AvgIpc) is 3.35. The van der Waals surface area contributed by atoms with Crippen molar-refractivity contribution in [1.82, 2.24) is 19.9 Å². The van der Waals surface area contributed by atoms with Crippen molar-refractivity contribution in [3.05, 3.63) is 83.2 Å². The third-order valence-corrected chi connectivity index (χ3v) is 5.17. The SMILES string of the molecule is CCOc1ccc(-c2noc(-c3nn(-c4ccc(OC)cc4)c(=O)c4ccccc34)n2)cc1. The summed E-state index contributed by atoms with van der Waals surface area (Å²) in [6.45, 7) is 2.52. The average molecular weight is 440 g/mol. The molecule has 0 aliphatic heterocycles. The molecule has 0 aliphatic rings. The second-order valence-electron chi connectivity index (χ2n) is 7.19. The van der Waals surface area contributed by atoms with Gasteiger partial charge in [0.1, 0.15) is 11.5 Å². The van der Waals surface area contributed by atoms with Gasteiger partial charge in [0.2, 0.25) is 5.82 Å². The predicted octanol–water partition coefficient (Wildman–Crippen LogP) is 4.51. The van der Waals surface area contributed by atoms with E-state index in [4.69, 9.17) is 14.0 Å². The van der Waals surface area contributed by atoms with Gasteiger partial charge in [-0.2, -0.15) is 14.8 Å². The minimum Gasteiger partial charge on any atom is -0.497 e. The fourth-order valence-electron chi connectivity index (χ4n) is 3.55. The first kappa shape index (κ1) is 20.4. The van der Waals surface area contributed by atoms with E-state index in [9.17, 15) is 4.79 Å². The quantitative estimate of drug-likeness (QED) is 0.384. The molecule has 0 saturated heterocycles. The van der Waals surface area contributed by atoms with E-state index in [-0.39, 0.29) is 11.4 Å². The van der Waals surface area contributed by atoms with E-state index in [0.717, 1.165) is 11.3 Å². The van der Waals surface area contributed by atoms with Crippen LogP contribution in [0.2, 0.25) is 0 Å². The molecule has 0 saturated carbocycles. The lowest BCUT2D eigenvalue weighted by atomic mass is 10.1. The number of benzene rings is 3. The van der Waals surface area contributed by atoms with E-state index in [0.29, 0.717) is 40.3 Å². The Morgan fingerprint density at radius 3 is 2.30 bits per heavy atom. The normalized spacial score (nSPS) is 11.0. The molecule has 0 unspecified atom stereocenters. The van der Waals surface area contributed by atoms with Gasteiger partial charge >= 0.3 is 0 Å². The summed E-state index contributed by atoms with van der Waals surface area (Å²) in [5, 5.41) is 9.84. The third kappa shape index (κ3) is 3.82. The van der Waals surface area contributed by atoms with Crippen molar-refractivity contribution in [2.45, 2.75) is 6.92 Å². The second-order valence-corrected chi connectivity index (χ2v) is 7.19. The molecule has 8 nitrogen and oxygen atoms in total. The zero-order valence-electron chi connectivity index (χ0n) is 18.1. The molecule has 164 valence electrons. The first-order chi connectivity index (χ1) is 16.2. The van der Waals surface area contributed by atoms with E-state index in [1.807, 2.05) is 49.4 Å². The number of nitrogens with zero attached hydrogens (tertiary/aromatic N) is 4. The first-order valence-corrected chi connectivity index (χ1v) is 10.4. The zero-order valence-corrected chi connectivity index (χ0v) is 18.1. The van der Waals surface area contributed by atoms with Crippen LogP contribution in [-0.4, -0.2) is 33.6 Å². The number of fused-ring (bicyclic) bond motifs is 1. The van der Waals surface area contributed by atoms with Gasteiger partial charge in [-0.25, -0.2) is 0 Å². The minimum atomic E-state index is -0.245. The van der Waals surface area contributed by atoms with Gasteiger partial charge in [-0.1, -0.05) is 23.4 Å². The largest absolute Gasteiger partial charge is 0.497 e. The fraction of sp³-hybridized carbons (Fsp3) is 0.120. The number of hydrogen-bond acceptors (Lipinski definition) is 7. The van der Waals surface area contributed by atoms with Crippen LogP contribution in [0.1, 0.15) is 6.92 Å². The summed E-state index contributed by atoms with van der Waals surface area (Å²) in [4.78, 5) is 17.7. The Labute approximate surface area is 189 Å². The Hall–Kier alpha value is -4.46. The molecule has 0 fully saturated rings. The minimum absolute atomic E-state index is 0.220. The van der Waals surface area contributed by atoms with Crippen LogP contribution in [0.3, 0.4) is 0 Å². The Morgan fingerprint density at radius 1 is 0.909 bits per heavy atom. The molecule has 5 aromatic rings. The maximum Gasteiger partial charge on any atom is 0.279 e. The van der Waals surface area contributed by atoms with Gasteiger partial charge in [0.05, 0.1) is 24.8 Å². The molecule has 2 aromatic heterocycles. The van der Waals surface area contributed by atoms with Crippen LogP contribution in [-0.2, 0) is 0 Å². The first-order valence-electron chi connectivity index (χ1n) is 10.4. The Kier molecular flexibility index (Phi) is 5.32. The number of aromatic nitrogens is 4. The van der Waals surface area contributed by atoms with Crippen LogP contribution < -0.4 is 15.0 Å². The van der Waals surface area contributed by atoms with E-state index < -0.39 is 0 Å². The topological polar surface area (TPSA) is 92.3 Å². The summed E-state index contributed by atoms with van der Waals surface area (Å²) in [5.74, 6) is 2.09. The maximum atomic E-state index is 13.2. The number of rotatable bonds is 6. The lowest BCUT2D eigenvalue weighted by molar-refractivity contribution is 0.340. The number of methoxy groups -OCH3 is 1. The molecule has 5 rings (SSSR count). The summed E-state index contributed by atoms with van der Waals surface area (Å²) in [5.41, 5.74) is 1.55. The Balaban J connectivity index is 1.62. The smallest absolute Gasteiger partial charge is 0.279 e. The molecule has 8 heteroatoms.